The predicted octanol–water partition coefficient (Wildman–Crippen LogP) is 3.13. The number of carbonyl (C=O) groups excluding carboxylic acids is 3. The molecule has 0 aromatic heterocycles. The molecule has 0 radical (unpaired) electrons. The molecule has 2 rings (SSSR count). The lowest BCUT2D eigenvalue weighted by molar-refractivity contribution is -0.152. The highest BCUT2D eigenvalue weighted by molar-refractivity contribution is 6.05. The van der Waals surface area contributed by atoms with Crippen LogP contribution in [0.2, 0.25) is 0 Å². The fraction of sp³-hybridized carbons (Fsp3) is 0.167. The van der Waals surface area contributed by atoms with Gasteiger partial charge in [0.05, 0.1) is 5.69 Å². The second-order valence-electron chi connectivity index (χ2n) is 4.99. The van der Waals surface area contributed by atoms with E-state index in [-0.39, 0.29) is 5.78 Å². The maximum Gasteiger partial charge on any atom is 0.303 e. The summed E-state index contributed by atoms with van der Waals surface area (Å²) in [5, 5.41) is 2.66. The minimum Gasteiger partial charge on any atom is -0.447 e. The monoisotopic (exact) mass is 311 g/mol. The first-order valence-corrected chi connectivity index (χ1v) is 7.12. The Morgan fingerprint density at radius 3 is 2.13 bits per heavy atom. The zero-order valence-electron chi connectivity index (χ0n) is 12.9. The fourth-order valence-electron chi connectivity index (χ4n) is 2.16. The first kappa shape index (κ1) is 16.4. The molecule has 0 aliphatic carbocycles. The number of rotatable bonds is 5. The second-order valence-corrected chi connectivity index (χ2v) is 4.99. The van der Waals surface area contributed by atoms with E-state index in [1.54, 1.807) is 54.6 Å². The van der Waals surface area contributed by atoms with Crippen molar-refractivity contribution in [2.24, 2.45) is 0 Å². The normalized spacial score (nSPS) is 11.4. The van der Waals surface area contributed by atoms with E-state index in [0.29, 0.717) is 16.8 Å². The standard InChI is InChI=1S/C18H17NO4/c1-12(20)15-10-6-7-11-16(15)19-18(22)17(23-13(2)21)14-8-4-3-5-9-14/h3-11,17H,1-2H3,(H,19,22)/t17-/m1/s1. The van der Waals surface area contributed by atoms with Crippen LogP contribution in [0.1, 0.15) is 35.9 Å². The van der Waals surface area contributed by atoms with Gasteiger partial charge in [0.2, 0.25) is 6.10 Å². The molecule has 1 atom stereocenters. The van der Waals surface area contributed by atoms with Gasteiger partial charge in [-0.1, -0.05) is 42.5 Å². The van der Waals surface area contributed by atoms with Gasteiger partial charge in [0.25, 0.3) is 5.91 Å². The quantitative estimate of drug-likeness (QED) is 0.680. The van der Waals surface area contributed by atoms with E-state index in [9.17, 15) is 14.4 Å². The zero-order chi connectivity index (χ0) is 16.8. The van der Waals surface area contributed by atoms with Gasteiger partial charge >= 0.3 is 5.97 Å². The van der Waals surface area contributed by atoms with E-state index >= 15 is 0 Å². The molecule has 0 aliphatic heterocycles. The smallest absolute Gasteiger partial charge is 0.303 e. The third-order valence-electron chi connectivity index (χ3n) is 3.19. The van der Waals surface area contributed by atoms with Crippen molar-refractivity contribution in [3.63, 3.8) is 0 Å². The lowest BCUT2D eigenvalue weighted by Gasteiger charge is -2.18. The summed E-state index contributed by atoms with van der Waals surface area (Å²) in [6.45, 7) is 2.67. The fourth-order valence-corrected chi connectivity index (χ4v) is 2.16. The number of nitrogens with one attached hydrogen (secondary N) is 1. The molecule has 5 nitrogen and oxygen atoms in total. The van der Waals surface area contributed by atoms with Gasteiger partial charge in [-0.2, -0.15) is 0 Å². The van der Waals surface area contributed by atoms with E-state index in [1.807, 2.05) is 0 Å². The number of amides is 1. The Kier molecular flexibility index (Phi) is 5.25. The van der Waals surface area contributed by atoms with Crippen molar-refractivity contribution < 1.29 is 19.1 Å². The number of ether oxygens (including phenoxy) is 1. The molecule has 23 heavy (non-hydrogen) atoms. The Morgan fingerprint density at radius 2 is 1.52 bits per heavy atom. The minimum atomic E-state index is -1.08. The summed E-state index contributed by atoms with van der Waals surface area (Å²) < 4.78 is 5.13. The predicted molar refractivity (Wildman–Crippen MR) is 86.0 cm³/mol. The Morgan fingerprint density at radius 1 is 0.913 bits per heavy atom. The molecule has 2 aromatic carbocycles. The maximum atomic E-state index is 12.5. The Hall–Kier alpha value is -2.95. The van der Waals surface area contributed by atoms with Crippen LogP contribution in [0.25, 0.3) is 0 Å². The van der Waals surface area contributed by atoms with E-state index in [4.69, 9.17) is 4.74 Å². The van der Waals surface area contributed by atoms with Crippen LogP contribution in [0.5, 0.6) is 0 Å². The number of hydrogen-bond acceptors (Lipinski definition) is 4. The average Bonchev–Trinajstić information content (AvgIpc) is 2.53. The molecule has 1 N–H and O–H groups in total. The molecule has 0 unspecified atom stereocenters. The maximum absolute atomic E-state index is 12.5. The third kappa shape index (κ3) is 4.26. The van der Waals surface area contributed by atoms with Crippen LogP contribution in [0.4, 0.5) is 5.69 Å². The van der Waals surface area contributed by atoms with Gasteiger partial charge in [-0.3, -0.25) is 14.4 Å². The SMILES string of the molecule is CC(=O)O[C@@H](C(=O)Nc1ccccc1C(C)=O)c1ccccc1. The van der Waals surface area contributed by atoms with Gasteiger partial charge < -0.3 is 10.1 Å². The van der Waals surface area contributed by atoms with Crippen molar-refractivity contribution in [3.05, 3.63) is 65.7 Å². The summed E-state index contributed by atoms with van der Waals surface area (Å²) in [6, 6.07) is 15.4. The first-order chi connectivity index (χ1) is 11.0. The van der Waals surface area contributed by atoms with Crippen molar-refractivity contribution in [1.29, 1.82) is 0 Å². The van der Waals surface area contributed by atoms with Gasteiger partial charge in [-0.25, -0.2) is 0 Å². The number of Topliss-reactive ketones (excluding diaryl/α,β-unsaturated/α-hetero) is 1. The number of ketones is 1. The molecule has 0 heterocycles. The summed E-state index contributed by atoms with van der Waals surface area (Å²) in [4.78, 5) is 35.5. The Bertz CT molecular complexity index is 725. The molecule has 118 valence electrons. The average molecular weight is 311 g/mol. The summed E-state index contributed by atoms with van der Waals surface area (Å²) in [5.74, 6) is -1.24. The van der Waals surface area contributed by atoms with Crippen LogP contribution in [-0.2, 0) is 14.3 Å². The van der Waals surface area contributed by atoms with E-state index in [2.05, 4.69) is 5.32 Å². The molecule has 1 amide bonds. The molecule has 2 aromatic rings. The van der Waals surface area contributed by atoms with Crippen molar-refractivity contribution in [2.45, 2.75) is 20.0 Å². The number of hydrogen-bond donors (Lipinski definition) is 1. The van der Waals surface area contributed by atoms with E-state index in [0.717, 1.165) is 0 Å². The Labute approximate surface area is 134 Å². The van der Waals surface area contributed by atoms with Crippen molar-refractivity contribution in [1.82, 2.24) is 0 Å². The van der Waals surface area contributed by atoms with Gasteiger partial charge in [-0.15, -0.1) is 0 Å². The lowest BCUT2D eigenvalue weighted by Crippen LogP contribution is -2.25. The summed E-state index contributed by atoms with van der Waals surface area (Å²) >= 11 is 0. The summed E-state index contributed by atoms with van der Waals surface area (Å²) in [6.07, 6.45) is -1.08. The third-order valence-corrected chi connectivity index (χ3v) is 3.19. The summed E-state index contributed by atoms with van der Waals surface area (Å²) in [5.41, 5.74) is 1.34. The molecular formula is C18H17NO4. The highest BCUT2D eigenvalue weighted by Gasteiger charge is 2.24. The highest BCUT2D eigenvalue weighted by atomic mass is 16.5. The Balaban J connectivity index is 2.29. The van der Waals surface area contributed by atoms with Gasteiger partial charge in [0, 0.05) is 18.1 Å². The van der Waals surface area contributed by atoms with Crippen molar-refractivity contribution in [3.8, 4) is 0 Å². The number of anilines is 1. The van der Waals surface area contributed by atoms with Crippen LogP contribution in [0.3, 0.4) is 0 Å². The lowest BCUT2D eigenvalue weighted by atomic mass is 10.1. The second kappa shape index (κ2) is 7.35. The number of esters is 1. The van der Waals surface area contributed by atoms with Crippen LogP contribution >= 0.6 is 0 Å². The zero-order valence-corrected chi connectivity index (χ0v) is 12.9. The van der Waals surface area contributed by atoms with E-state index in [1.165, 1.54) is 13.8 Å². The van der Waals surface area contributed by atoms with Gasteiger partial charge in [0.1, 0.15) is 0 Å². The summed E-state index contributed by atoms with van der Waals surface area (Å²) in [7, 11) is 0. The van der Waals surface area contributed by atoms with E-state index < -0.39 is 18.0 Å². The highest BCUT2D eigenvalue weighted by Crippen LogP contribution is 2.22. The van der Waals surface area contributed by atoms with Crippen LogP contribution < -0.4 is 5.32 Å². The largest absolute Gasteiger partial charge is 0.447 e. The molecule has 0 bridgehead atoms. The molecule has 0 fully saturated rings. The van der Waals surface area contributed by atoms with Crippen molar-refractivity contribution in [2.75, 3.05) is 5.32 Å². The van der Waals surface area contributed by atoms with Gasteiger partial charge in [-0.05, 0) is 19.1 Å². The van der Waals surface area contributed by atoms with Crippen LogP contribution in [-0.4, -0.2) is 17.7 Å². The van der Waals surface area contributed by atoms with Crippen molar-refractivity contribution >= 4 is 23.3 Å². The first-order valence-electron chi connectivity index (χ1n) is 7.12. The molecule has 5 heteroatoms. The molecule has 0 saturated heterocycles. The molecule has 0 saturated carbocycles. The van der Waals surface area contributed by atoms with Gasteiger partial charge in [0.15, 0.2) is 5.78 Å². The molecule has 0 spiro atoms. The number of benzene rings is 2. The van der Waals surface area contributed by atoms with Crippen LogP contribution in [0, 0.1) is 0 Å². The number of carbonyl (C=O) groups is 3. The molecular weight excluding hydrogens is 294 g/mol. The topological polar surface area (TPSA) is 72.5 Å². The van der Waals surface area contributed by atoms with Crippen LogP contribution in [0.15, 0.2) is 54.6 Å². The number of para-hydroxylation sites is 1. The molecule has 0 aliphatic rings. The minimum absolute atomic E-state index is 0.162.